The quantitative estimate of drug-likeness (QED) is 0.795. The van der Waals surface area contributed by atoms with Gasteiger partial charge in [-0.3, -0.25) is 0 Å². The van der Waals surface area contributed by atoms with Gasteiger partial charge in [0.1, 0.15) is 6.33 Å². The molecule has 0 bridgehead atoms. The molecule has 3 N–H and O–H groups in total. The summed E-state index contributed by atoms with van der Waals surface area (Å²) in [6.07, 6.45) is 2.98. The van der Waals surface area contributed by atoms with E-state index >= 15 is 0 Å². The first-order valence-electron chi connectivity index (χ1n) is 6.20. The highest BCUT2D eigenvalue weighted by molar-refractivity contribution is 5.94. The predicted octanol–water partition coefficient (Wildman–Crippen LogP) is 1.80. The summed E-state index contributed by atoms with van der Waals surface area (Å²) in [7, 11) is 0. The van der Waals surface area contributed by atoms with E-state index in [0.717, 1.165) is 0 Å². The van der Waals surface area contributed by atoms with Crippen LogP contribution in [0.2, 0.25) is 0 Å². The van der Waals surface area contributed by atoms with Crippen molar-refractivity contribution in [1.29, 1.82) is 0 Å². The number of aryl methyl sites for hydroxylation is 1. The van der Waals surface area contributed by atoms with Gasteiger partial charge >= 0.3 is 12.0 Å². The summed E-state index contributed by atoms with van der Waals surface area (Å²) < 4.78 is 0. The van der Waals surface area contributed by atoms with Crippen molar-refractivity contribution in [2.24, 2.45) is 0 Å². The normalized spacial score (nSPS) is 9.95. The lowest BCUT2D eigenvalue weighted by molar-refractivity contribution is 0.0696. The third-order valence-corrected chi connectivity index (χ3v) is 2.80. The fourth-order valence-corrected chi connectivity index (χ4v) is 1.70. The van der Waals surface area contributed by atoms with Crippen molar-refractivity contribution in [2.75, 3.05) is 5.32 Å². The molecule has 2 amide bonds. The standard InChI is InChI=1S/C14H14N4O3/c1-9-2-3-10(6-12(9)13(19)20)18-14(21)16-7-11-4-5-15-8-17-11/h2-6,8H,7H2,1H3,(H,19,20)(H2,16,18,21). The fraction of sp³-hybridized carbons (Fsp3) is 0.143. The third-order valence-electron chi connectivity index (χ3n) is 2.80. The third kappa shape index (κ3) is 4.00. The summed E-state index contributed by atoms with van der Waals surface area (Å²) in [6.45, 7) is 1.95. The lowest BCUT2D eigenvalue weighted by Crippen LogP contribution is -2.28. The molecule has 1 heterocycles. The minimum Gasteiger partial charge on any atom is -0.478 e. The summed E-state index contributed by atoms with van der Waals surface area (Å²) in [5.74, 6) is -1.03. The Balaban J connectivity index is 1.97. The number of carboxylic acids is 1. The number of anilines is 1. The lowest BCUT2D eigenvalue weighted by atomic mass is 10.1. The van der Waals surface area contributed by atoms with Crippen LogP contribution in [-0.4, -0.2) is 27.1 Å². The second kappa shape index (κ2) is 6.47. The first-order chi connectivity index (χ1) is 10.1. The zero-order chi connectivity index (χ0) is 15.2. The van der Waals surface area contributed by atoms with Gasteiger partial charge in [-0.1, -0.05) is 6.07 Å². The molecule has 0 saturated carbocycles. The predicted molar refractivity (Wildman–Crippen MR) is 76.0 cm³/mol. The number of aromatic carboxylic acids is 1. The van der Waals surface area contributed by atoms with Crippen molar-refractivity contribution in [1.82, 2.24) is 15.3 Å². The molecule has 1 aromatic carbocycles. The number of hydrogen-bond acceptors (Lipinski definition) is 4. The molecule has 2 rings (SSSR count). The molecule has 7 heteroatoms. The lowest BCUT2D eigenvalue weighted by Gasteiger charge is -2.09. The van der Waals surface area contributed by atoms with E-state index < -0.39 is 12.0 Å². The van der Waals surface area contributed by atoms with Gasteiger partial charge in [-0.15, -0.1) is 0 Å². The molecular weight excluding hydrogens is 272 g/mol. The highest BCUT2D eigenvalue weighted by Crippen LogP contribution is 2.15. The van der Waals surface area contributed by atoms with E-state index in [0.29, 0.717) is 16.9 Å². The summed E-state index contributed by atoms with van der Waals surface area (Å²) in [5, 5.41) is 14.2. The van der Waals surface area contributed by atoms with E-state index in [-0.39, 0.29) is 12.1 Å². The fourth-order valence-electron chi connectivity index (χ4n) is 1.70. The van der Waals surface area contributed by atoms with Gasteiger partial charge in [0.25, 0.3) is 0 Å². The Hall–Kier alpha value is -2.96. The van der Waals surface area contributed by atoms with Gasteiger partial charge in [0, 0.05) is 11.9 Å². The zero-order valence-electron chi connectivity index (χ0n) is 11.3. The number of nitrogens with zero attached hydrogens (tertiary/aromatic N) is 2. The number of hydrogen-bond donors (Lipinski definition) is 3. The maximum atomic E-state index is 11.7. The van der Waals surface area contributed by atoms with Gasteiger partial charge in [0.05, 0.1) is 17.8 Å². The van der Waals surface area contributed by atoms with Crippen molar-refractivity contribution in [3.8, 4) is 0 Å². The van der Waals surface area contributed by atoms with Crippen LogP contribution in [0.25, 0.3) is 0 Å². The van der Waals surface area contributed by atoms with Crippen molar-refractivity contribution < 1.29 is 14.7 Å². The molecule has 0 aliphatic rings. The number of benzene rings is 1. The summed E-state index contributed by atoms with van der Waals surface area (Å²) in [6, 6.07) is 5.96. The van der Waals surface area contributed by atoms with Crippen LogP contribution in [0.4, 0.5) is 10.5 Å². The van der Waals surface area contributed by atoms with Gasteiger partial charge < -0.3 is 15.7 Å². The largest absolute Gasteiger partial charge is 0.478 e. The van der Waals surface area contributed by atoms with Crippen LogP contribution in [0.15, 0.2) is 36.8 Å². The Kier molecular flexibility index (Phi) is 4.45. The number of carboxylic acid groups (broad SMARTS) is 1. The van der Waals surface area contributed by atoms with Crippen LogP contribution < -0.4 is 10.6 Å². The number of rotatable bonds is 4. The van der Waals surface area contributed by atoms with Gasteiger partial charge in [-0.05, 0) is 30.7 Å². The van der Waals surface area contributed by atoms with E-state index in [9.17, 15) is 9.59 Å². The van der Waals surface area contributed by atoms with Crippen LogP contribution in [0.1, 0.15) is 21.6 Å². The minimum atomic E-state index is -1.03. The number of aromatic nitrogens is 2. The minimum absolute atomic E-state index is 0.156. The molecule has 1 aromatic heterocycles. The maximum absolute atomic E-state index is 11.7. The van der Waals surface area contributed by atoms with Gasteiger partial charge in [0.15, 0.2) is 0 Å². The number of urea groups is 1. The molecule has 0 aliphatic heterocycles. The van der Waals surface area contributed by atoms with E-state index in [4.69, 9.17) is 5.11 Å². The topological polar surface area (TPSA) is 104 Å². The van der Waals surface area contributed by atoms with E-state index in [2.05, 4.69) is 20.6 Å². The molecule has 0 saturated heterocycles. The summed E-state index contributed by atoms with van der Waals surface area (Å²) in [4.78, 5) is 30.5. The Morgan fingerprint density at radius 3 is 2.76 bits per heavy atom. The number of carbonyl (C=O) groups excluding carboxylic acids is 1. The number of nitrogens with one attached hydrogen (secondary N) is 2. The highest BCUT2D eigenvalue weighted by Gasteiger charge is 2.09. The Bertz CT molecular complexity index is 659. The molecule has 7 nitrogen and oxygen atoms in total. The van der Waals surface area contributed by atoms with E-state index in [1.807, 2.05) is 0 Å². The average molecular weight is 286 g/mol. The Morgan fingerprint density at radius 1 is 1.29 bits per heavy atom. The SMILES string of the molecule is Cc1ccc(NC(=O)NCc2ccncn2)cc1C(=O)O. The van der Waals surface area contributed by atoms with E-state index in [1.165, 1.54) is 12.4 Å². The summed E-state index contributed by atoms with van der Waals surface area (Å²) in [5.41, 5.74) is 1.88. The van der Waals surface area contributed by atoms with Gasteiger partial charge in [-0.25, -0.2) is 19.6 Å². The molecule has 21 heavy (non-hydrogen) atoms. The molecule has 0 atom stereocenters. The molecule has 2 aromatic rings. The van der Waals surface area contributed by atoms with Crippen LogP contribution in [0, 0.1) is 6.92 Å². The molecule has 0 spiro atoms. The smallest absolute Gasteiger partial charge is 0.336 e. The Morgan fingerprint density at radius 2 is 2.10 bits per heavy atom. The van der Waals surface area contributed by atoms with Crippen molar-refractivity contribution >= 4 is 17.7 Å². The number of carbonyl (C=O) groups is 2. The van der Waals surface area contributed by atoms with Crippen LogP contribution in [-0.2, 0) is 6.54 Å². The second-order valence-electron chi connectivity index (χ2n) is 4.34. The molecule has 0 aliphatic carbocycles. The van der Waals surface area contributed by atoms with Crippen LogP contribution >= 0.6 is 0 Å². The highest BCUT2D eigenvalue weighted by atomic mass is 16.4. The van der Waals surface area contributed by atoms with E-state index in [1.54, 1.807) is 31.3 Å². The zero-order valence-corrected chi connectivity index (χ0v) is 11.3. The summed E-state index contributed by atoms with van der Waals surface area (Å²) >= 11 is 0. The maximum Gasteiger partial charge on any atom is 0.336 e. The molecule has 0 fully saturated rings. The van der Waals surface area contributed by atoms with Gasteiger partial charge in [0.2, 0.25) is 0 Å². The first-order valence-corrected chi connectivity index (χ1v) is 6.20. The van der Waals surface area contributed by atoms with Crippen molar-refractivity contribution in [3.05, 3.63) is 53.6 Å². The molecule has 108 valence electrons. The number of amides is 2. The second-order valence-corrected chi connectivity index (χ2v) is 4.34. The first kappa shape index (κ1) is 14.4. The van der Waals surface area contributed by atoms with Crippen LogP contribution in [0.3, 0.4) is 0 Å². The van der Waals surface area contributed by atoms with Crippen molar-refractivity contribution in [3.63, 3.8) is 0 Å². The van der Waals surface area contributed by atoms with Crippen molar-refractivity contribution in [2.45, 2.75) is 13.5 Å². The monoisotopic (exact) mass is 286 g/mol. The molecule has 0 unspecified atom stereocenters. The average Bonchev–Trinajstić information content (AvgIpc) is 2.48. The molecular formula is C14H14N4O3. The molecule has 0 radical (unpaired) electrons. The van der Waals surface area contributed by atoms with Crippen LogP contribution in [0.5, 0.6) is 0 Å². The van der Waals surface area contributed by atoms with Gasteiger partial charge in [-0.2, -0.15) is 0 Å². The Labute approximate surface area is 121 Å².